The predicted molar refractivity (Wildman–Crippen MR) is 156 cm³/mol. The summed E-state index contributed by atoms with van der Waals surface area (Å²) in [4.78, 5) is 54.0. The number of phenols is 1. The van der Waals surface area contributed by atoms with E-state index in [0.717, 1.165) is 39.0 Å². The Morgan fingerprint density at radius 3 is 2.29 bits per heavy atom. The molecule has 8 heteroatoms. The lowest BCUT2D eigenvalue weighted by Gasteiger charge is -2.65. The summed E-state index contributed by atoms with van der Waals surface area (Å²) in [5.74, 6) is -6.68. The molecule has 2 saturated carbocycles. The van der Waals surface area contributed by atoms with Crippen molar-refractivity contribution in [3.63, 3.8) is 0 Å². The van der Waals surface area contributed by atoms with Gasteiger partial charge in [-0.25, -0.2) is 0 Å². The lowest BCUT2D eigenvalue weighted by molar-refractivity contribution is -0.199. The van der Waals surface area contributed by atoms with Crippen LogP contribution in [0.4, 0.5) is 0 Å². The first-order chi connectivity index (χ1) is 19.7. The molecule has 4 aliphatic rings. The van der Waals surface area contributed by atoms with Gasteiger partial charge in [-0.3, -0.25) is 14.4 Å². The summed E-state index contributed by atoms with van der Waals surface area (Å²) in [6.45, 7) is 7.99. The third kappa shape index (κ3) is 3.69. The van der Waals surface area contributed by atoms with E-state index in [1.165, 1.54) is 6.07 Å². The molecular weight excluding hydrogens is 536 g/mol. The molecule has 6 atom stereocenters. The SMILES string of the molecule is CC(=O)C1=C(O)[C@]2(O)C(=O)C3=C(O)c4c(O)cccc4[C@@H](CCC4CCCC4)[C@]3(C)[C@@H](CC=O)[C@]2(C)C(C(C)C)C1=O. The van der Waals surface area contributed by atoms with Gasteiger partial charge in [0.15, 0.2) is 17.2 Å². The number of aldehydes is 1. The number of aromatic hydroxyl groups is 1. The van der Waals surface area contributed by atoms with Gasteiger partial charge in [-0.15, -0.1) is 0 Å². The Kier molecular flexibility index (Phi) is 7.32. The molecule has 4 N–H and O–H groups in total. The van der Waals surface area contributed by atoms with Gasteiger partial charge in [0, 0.05) is 28.7 Å². The molecule has 1 aromatic rings. The molecule has 0 heterocycles. The molecule has 226 valence electrons. The highest BCUT2D eigenvalue weighted by Crippen LogP contribution is 2.71. The number of fused-ring (bicyclic) bond motifs is 3. The van der Waals surface area contributed by atoms with Crippen molar-refractivity contribution in [1.82, 2.24) is 0 Å². The van der Waals surface area contributed by atoms with Gasteiger partial charge in [0.1, 0.15) is 29.1 Å². The number of aliphatic hydroxyl groups is 3. The van der Waals surface area contributed by atoms with Crippen LogP contribution in [-0.4, -0.2) is 49.7 Å². The Hall–Kier alpha value is -3.26. The first kappa shape index (κ1) is 30.2. The molecule has 1 unspecified atom stereocenters. The molecule has 0 spiro atoms. The maximum atomic E-state index is 14.8. The van der Waals surface area contributed by atoms with Crippen LogP contribution >= 0.6 is 0 Å². The summed E-state index contributed by atoms with van der Waals surface area (Å²) in [5.41, 5.74) is -5.83. The minimum Gasteiger partial charge on any atom is -0.508 e. The largest absolute Gasteiger partial charge is 0.508 e. The fourth-order valence-electron chi connectivity index (χ4n) is 9.66. The van der Waals surface area contributed by atoms with Gasteiger partial charge >= 0.3 is 0 Å². The van der Waals surface area contributed by atoms with E-state index in [4.69, 9.17) is 0 Å². The highest BCUT2D eigenvalue weighted by molar-refractivity contribution is 6.24. The number of carbonyl (C=O) groups excluding carboxylic acids is 4. The van der Waals surface area contributed by atoms with Crippen molar-refractivity contribution in [3.05, 3.63) is 46.2 Å². The smallest absolute Gasteiger partial charge is 0.203 e. The molecule has 0 radical (unpaired) electrons. The molecule has 0 aromatic heterocycles. The van der Waals surface area contributed by atoms with Crippen molar-refractivity contribution in [2.75, 3.05) is 0 Å². The summed E-state index contributed by atoms with van der Waals surface area (Å²) >= 11 is 0. The summed E-state index contributed by atoms with van der Waals surface area (Å²) in [7, 11) is 0. The molecule has 0 amide bonds. The normalized spacial score (nSPS) is 34.9. The predicted octanol–water partition coefficient (Wildman–Crippen LogP) is 5.52. The van der Waals surface area contributed by atoms with Crippen molar-refractivity contribution in [2.24, 2.45) is 34.5 Å². The van der Waals surface area contributed by atoms with Crippen LogP contribution in [0, 0.1) is 34.5 Å². The van der Waals surface area contributed by atoms with E-state index in [0.29, 0.717) is 24.2 Å². The van der Waals surface area contributed by atoms with Crippen LogP contribution < -0.4 is 0 Å². The number of allylic oxidation sites excluding steroid dienone is 1. The molecule has 0 bridgehead atoms. The van der Waals surface area contributed by atoms with Crippen LogP contribution in [0.1, 0.15) is 96.6 Å². The Bertz CT molecular complexity index is 1430. The zero-order valence-corrected chi connectivity index (χ0v) is 25.1. The molecule has 1 aromatic carbocycles. The van der Waals surface area contributed by atoms with Gasteiger partial charge in [-0.2, -0.15) is 0 Å². The van der Waals surface area contributed by atoms with Crippen molar-refractivity contribution >= 4 is 29.4 Å². The Balaban J connectivity index is 1.88. The van der Waals surface area contributed by atoms with Gasteiger partial charge in [0.2, 0.25) is 5.78 Å². The topological polar surface area (TPSA) is 149 Å². The quantitative estimate of drug-likeness (QED) is 0.244. The first-order valence-corrected chi connectivity index (χ1v) is 15.2. The van der Waals surface area contributed by atoms with Gasteiger partial charge in [0.25, 0.3) is 0 Å². The van der Waals surface area contributed by atoms with Crippen LogP contribution in [-0.2, 0) is 19.2 Å². The van der Waals surface area contributed by atoms with E-state index in [2.05, 4.69) is 0 Å². The molecule has 4 aliphatic carbocycles. The maximum absolute atomic E-state index is 14.8. The fraction of sp³-hybridized carbons (Fsp3) is 0.588. The molecule has 0 saturated heterocycles. The number of phenolic OH excluding ortho intramolecular Hbond substituents is 1. The summed E-state index contributed by atoms with van der Waals surface area (Å²) in [6.07, 6.45) is 6.42. The molecule has 8 nitrogen and oxygen atoms in total. The number of Topliss-reactive ketones (excluding diaryl/α,β-unsaturated/α-hetero) is 3. The average molecular weight is 579 g/mol. The van der Waals surface area contributed by atoms with Crippen molar-refractivity contribution < 1.29 is 39.6 Å². The third-order valence-electron chi connectivity index (χ3n) is 11.4. The lowest BCUT2D eigenvalue weighted by Crippen LogP contribution is -2.73. The number of ketones is 3. The molecular formula is C34H42O8. The van der Waals surface area contributed by atoms with Gasteiger partial charge in [0.05, 0.1) is 5.56 Å². The van der Waals surface area contributed by atoms with E-state index in [-0.39, 0.29) is 23.3 Å². The van der Waals surface area contributed by atoms with Gasteiger partial charge in [-0.1, -0.05) is 65.5 Å². The van der Waals surface area contributed by atoms with Gasteiger partial charge in [-0.05, 0) is 55.1 Å². The zero-order valence-electron chi connectivity index (χ0n) is 25.1. The Morgan fingerprint density at radius 2 is 1.71 bits per heavy atom. The summed E-state index contributed by atoms with van der Waals surface area (Å²) in [6, 6.07) is 4.92. The highest BCUT2D eigenvalue weighted by Gasteiger charge is 2.76. The van der Waals surface area contributed by atoms with E-state index >= 15 is 0 Å². The number of rotatable bonds is 7. The molecule has 5 rings (SSSR count). The number of benzene rings is 1. The van der Waals surface area contributed by atoms with Crippen molar-refractivity contribution in [2.45, 2.75) is 91.1 Å². The second-order valence-corrected chi connectivity index (χ2v) is 13.7. The van der Waals surface area contributed by atoms with E-state index < -0.39 is 74.5 Å². The number of hydrogen-bond acceptors (Lipinski definition) is 8. The summed E-state index contributed by atoms with van der Waals surface area (Å²) < 4.78 is 0. The van der Waals surface area contributed by atoms with Crippen LogP contribution in [0.25, 0.3) is 5.76 Å². The van der Waals surface area contributed by atoms with Crippen LogP contribution in [0.15, 0.2) is 35.1 Å². The zero-order chi connectivity index (χ0) is 30.9. The van der Waals surface area contributed by atoms with E-state index in [1.807, 2.05) is 13.0 Å². The Morgan fingerprint density at radius 1 is 1.07 bits per heavy atom. The molecule has 0 aliphatic heterocycles. The highest BCUT2D eigenvalue weighted by atomic mass is 16.3. The van der Waals surface area contributed by atoms with E-state index in [1.54, 1.807) is 26.8 Å². The number of aliphatic hydroxyl groups excluding tert-OH is 2. The van der Waals surface area contributed by atoms with Crippen molar-refractivity contribution in [3.8, 4) is 5.75 Å². The average Bonchev–Trinajstić information content (AvgIpc) is 3.42. The van der Waals surface area contributed by atoms with Crippen molar-refractivity contribution in [1.29, 1.82) is 0 Å². The third-order valence-corrected chi connectivity index (χ3v) is 11.4. The minimum atomic E-state index is -2.77. The molecule has 42 heavy (non-hydrogen) atoms. The second-order valence-electron chi connectivity index (χ2n) is 13.7. The van der Waals surface area contributed by atoms with Crippen LogP contribution in [0.3, 0.4) is 0 Å². The fourth-order valence-corrected chi connectivity index (χ4v) is 9.66. The van der Waals surface area contributed by atoms with Gasteiger partial charge < -0.3 is 25.2 Å². The van der Waals surface area contributed by atoms with E-state index in [9.17, 15) is 39.6 Å². The standard InChI is InChI=1S/C34H42O8/c1-17(2)26-28(38)24(18(3)36)30(40)34(42)31(41)27-29(39)25-20(11-8-12-22(25)37)21(14-13-19-9-6-7-10-19)32(27,4)23(15-16-35)33(26,34)5/h8,11-12,16-17,19,21,23,26,37,39-40,42H,6-7,9-10,13-15H2,1-5H3/t21-,23-,26?,32-,33-,34+/m1/s1. The second kappa shape index (κ2) is 10.2. The summed E-state index contributed by atoms with van der Waals surface area (Å²) in [5, 5.41) is 46.8. The van der Waals surface area contributed by atoms with Crippen LogP contribution in [0.5, 0.6) is 5.75 Å². The monoisotopic (exact) mass is 578 g/mol. The first-order valence-electron chi connectivity index (χ1n) is 15.2. The van der Waals surface area contributed by atoms with Crippen LogP contribution in [0.2, 0.25) is 0 Å². The minimum absolute atomic E-state index is 0.0920. The maximum Gasteiger partial charge on any atom is 0.203 e. The molecule has 2 fully saturated rings. The number of carbonyl (C=O) groups is 4. The Labute approximate surface area is 246 Å². The number of hydrogen-bond donors (Lipinski definition) is 4. The lowest BCUT2D eigenvalue weighted by atomic mass is 9.37.